The summed E-state index contributed by atoms with van der Waals surface area (Å²) in [6.45, 7) is 0. The van der Waals surface area contributed by atoms with E-state index in [4.69, 9.17) is 14.7 Å². The van der Waals surface area contributed by atoms with Crippen LogP contribution >= 0.6 is 0 Å². The topological polar surface area (TPSA) is 94.4 Å². The molecule has 6 aromatic rings. The number of imidazole rings is 1. The molecule has 0 spiro atoms. The number of hydrogen-bond donors (Lipinski definition) is 1. The maximum Gasteiger partial charge on any atom is 0.161 e. The number of methoxy groups -OCH3 is 1. The first-order chi connectivity index (χ1) is 16.6. The third-order valence-corrected chi connectivity index (χ3v) is 5.66. The number of nitrogens with zero attached hydrogens (tertiary/aromatic N) is 6. The van der Waals surface area contributed by atoms with Gasteiger partial charge in [-0.05, 0) is 36.4 Å². The fourth-order valence-electron chi connectivity index (χ4n) is 4.02. The zero-order chi connectivity index (χ0) is 23.2. The van der Waals surface area contributed by atoms with Crippen LogP contribution < -0.4 is 4.74 Å². The summed E-state index contributed by atoms with van der Waals surface area (Å²) in [6, 6.07) is 13.9. The van der Waals surface area contributed by atoms with Gasteiger partial charge in [0.2, 0.25) is 0 Å². The molecule has 166 valence electrons. The Balaban J connectivity index is 1.52. The Kier molecular flexibility index (Phi) is 4.54. The van der Waals surface area contributed by atoms with Crippen LogP contribution in [0.15, 0.2) is 67.1 Å². The second-order valence-electron chi connectivity index (χ2n) is 7.80. The molecule has 0 bridgehead atoms. The molecule has 1 N–H and O–H groups in total. The number of H-pyrrole nitrogens is 1. The van der Waals surface area contributed by atoms with Crippen molar-refractivity contribution in [3.8, 4) is 39.8 Å². The van der Waals surface area contributed by atoms with Gasteiger partial charge in [0.25, 0.3) is 0 Å². The predicted octanol–water partition coefficient (Wildman–Crippen LogP) is 4.78. The predicted molar refractivity (Wildman–Crippen MR) is 127 cm³/mol. The van der Waals surface area contributed by atoms with E-state index in [0.717, 1.165) is 22.3 Å². The van der Waals surface area contributed by atoms with Gasteiger partial charge in [-0.25, -0.2) is 14.4 Å². The first kappa shape index (κ1) is 20.0. The minimum atomic E-state index is -0.327. The van der Waals surface area contributed by atoms with Gasteiger partial charge in [-0.15, -0.1) is 0 Å². The van der Waals surface area contributed by atoms with E-state index >= 15 is 0 Å². The summed E-state index contributed by atoms with van der Waals surface area (Å²) in [4.78, 5) is 21.7. The Labute approximate surface area is 193 Å². The molecule has 6 rings (SSSR count). The van der Waals surface area contributed by atoms with Crippen LogP contribution in [0.25, 0.3) is 56.1 Å². The van der Waals surface area contributed by atoms with Crippen LogP contribution in [0.5, 0.6) is 5.75 Å². The van der Waals surface area contributed by atoms with Crippen LogP contribution in [0.2, 0.25) is 0 Å². The van der Waals surface area contributed by atoms with Crippen LogP contribution in [0.1, 0.15) is 0 Å². The van der Waals surface area contributed by atoms with Crippen molar-refractivity contribution in [1.82, 2.24) is 34.7 Å². The Hall–Kier alpha value is -4.66. The third kappa shape index (κ3) is 3.25. The van der Waals surface area contributed by atoms with Crippen molar-refractivity contribution in [2.75, 3.05) is 7.11 Å². The Bertz CT molecular complexity index is 1690. The van der Waals surface area contributed by atoms with Gasteiger partial charge >= 0.3 is 0 Å². The molecule has 0 unspecified atom stereocenters. The summed E-state index contributed by atoms with van der Waals surface area (Å²) < 4.78 is 20.9. The van der Waals surface area contributed by atoms with Crippen molar-refractivity contribution in [2.24, 2.45) is 7.05 Å². The molecule has 5 heterocycles. The number of nitrogens with one attached hydrogen (secondary N) is 1. The molecule has 1 aromatic carbocycles. The van der Waals surface area contributed by atoms with Crippen molar-refractivity contribution < 1.29 is 9.13 Å². The van der Waals surface area contributed by atoms with Crippen molar-refractivity contribution >= 4 is 22.1 Å². The molecule has 0 saturated carbocycles. The SMILES string of the molecule is COc1cncc(-c2ccc3c(n2)c(-c2nc4c(-c5cccc(F)c5)nccc4[nH]2)nn3C)c1. The van der Waals surface area contributed by atoms with Gasteiger partial charge < -0.3 is 9.72 Å². The molecular weight excluding hydrogens is 433 g/mol. The van der Waals surface area contributed by atoms with Crippen molar-refractivity contribution in [1.29, 1.82) is 0 Å². The van der Waals surface area contributed by atoms with Gasteiger partial charge in [0.05, 0.1) is 35.7 Å². The minimum Gasteiger partial charge on any atom is -0.495 e. The zero-order valence-electron chi connectivity index (χ0n) is 18.3. The quantitative estimate of drug-likeness (QED) is 0.414. The van der Waals surface area contributed by atoms with Crippen molar-refractivity contribution in [3.05, 3.63) is 72.9 Å². The number of fused-ring (bicyclic) bond motifs is 2. The average molecular weight is 451 g/mol. The summed E-state index contributed by atoms with van der Waals surface area (Å²) in [5.41, 5.74) is 6.39. The van der Waals surface area contributed by atoms with Gasteiger partial charge in [0.1, 0.15) is 22.6 Å². The molecule has 8 nitrogen and oxygen atoms in total. The fourth-order valence-corrected chi connectivity index (χ4v) is 4.02. The first-order valence-electron chi connectivity index (χ1n) is 10.5. The van der Waals surface area contributed by atoms with E-state index in [0.29, 0.717) is 39.6 Å². The van der Waals surface area contributed by atoms with Crippen molar-refractivity contribution in [3.63, 3.8) is 0 Å². The van der Waals surface area contributed by atoms with Gasteiger partial charge in [-0.3, -0.25) is 14.6 Å². The molecule has 0 radical (unpaired) electrons. The van der Waals surface area contributed by atoms with Crippen LogP contribution in [0, 0.1) is 5.82 Å². The second-order valence-corrected chi connectivity index (χ2v) is 7.80. The largest absolute Gasteiger partial charge is 0.495 e. The van der Waals surface area contributed by atoms with Crippen LogP contribution in [0.4, 0.5) is 4.39 Å². The normalized spacial score (nSPS) is 11.4. The second kappa shape index (κ2) is 7.73. The van der Waals surface area contributed by atoms with E-state index in [2.05, 4.69) is 20.1 Å². The zero-order valence-corrected chi connectivity index (χ0v) is 18.3. The van der Waals surface area contributed by atoms with Gasteiger partial charge in [-0.2, -0.15) is 5.10 Å². The summed E-state index contributed by atoms with van der Waals surface area (Å²) in [7, 11) is 3.47. The Morgan fingerprint density at radius 2 is 1.85 bits per heavy atom. The van der Waals surface area contributed by atoms with Crippen LogP contribution in [-0.2, 0) is 7.05 Å². The average Bonchev–Trinajstić information content (AvgIpc) is 3.44. The summed E-state index contributed by atoms with van der Waals surface area (Å²) >= 11 is 0. The standard InChI is InChI=1S/C25H18FN7O/c1-33-20-7-6-18(15-11-17(34-2)13-27-12-15)29-23(20)24(32-33)25-30-19-8-9-28-21(22(19)31-25)14-4-3-5-16(26)10-14/h3-13H,1-2H3,(H,30,31). The highest BCUT2D eigenvalue weighted by molar-refractivity contribution is 5.95. The molecule has 9 heteroatoms. The number of pyridine rings is 3. The van der Waals surface area contributed by atoms with E-state index in [1.165, 1.54) is 12.1 Å². The molecule has 34 heavy (non-hydrogen) atoms. The number of aryl methyl sites for hydroxylation is 1. The highest BCUT2D eigenvalue weighted by Crippen LogP contribution is 2.32. The van der Waals surface area contributed by atoms with Crippen molar-refractivity contribution in [2.45, 2.75) is 0 Å². The maximum atomic E-state index is 13.8. The highest BCUT2D eigenvalue weighted by Gasteiger charge is 2.19. The summed E-state index contributed by atoms with van der Waals surface area (Å²) in [5, 5.41) is 4.68. The lowest BCUT2D eigenvalue weighted by molar-refractivity contribution is 0.413. The van der Waals surface area contributed by atoms with E-state index in [9.17, 15) is 4.39 Å². The fraction of sp³-hybridized carbons (Fsp3) is 0.0800. The van der Waals surface area contributed by atoms with E-state index in [-0.39, 0.29) is 5.82 Å². The van der Waals surface area contributed by atoms with Crippen LogP contribution in [-0.4, -0.2) is 41.8 Å². The smallest absolute Gasteiger partial charge is 0.161 e. The lowest BCUT2D eigenvalue weighted by Crippen LogP contribution is -1.91. The number of halogens is 1. The summed E-state index contributed by atoms with van der Waals surface area (Å²) in [5.74, 6) is 0.881. The van der Waals surface area contributed by atoms with E-state index in [1.807, 2.05) is 37.4 Å². The molecule has 0 amide bonds. The highest BCUT2D eigenvalue weighted by atomic mass is 19.1. The molecule has 0 aliphatic rings. The molecular formula is C25H18FN7O. The monoisotopic (exact) mass is 451 g/mol. The minimum absolute atomic E-state index is 0.327. The van der Waals surface area contributed by atoms with E-state index in [1.54, 1.807) is 36.4 Å². The Morgan fingerprint density at radius 1 is 0.941 bits per heavy atom. The Morgan fingerprint density at radius 3 is 2.71 bits per heavy atom. The number of ether oxygens (including phenoxy) is 1. The lowest BCUT2D eigenvalue weighted by Gasteiger charge is -2.04. The number of hydrogen-bond acceptors (Lipinski definition) is 6. The van der Waals surface area contributed by atoms with Gasteiger partial charge in [-0.1, -0.05) is 12.1 Å². The molecule has 0 saturated heterocycles. The summed E-state index contributed by atoms with van der Waals surface area (Å²) in [6.07, 6.45) is 5.06. The lowest BCUT2D eigenvalue weighted by atomic mass is 10.1. The number of aromatic nitrogens is 7. The number of benzene rings is 1. The maximum absolute atomic E-state index is 13.8. The van der Waals surface area contributed by atoms with Crippen LogP contribution in [0.3, 0.4) is 0 Å². The molecule has 5 aromatic heterocycles. The molecule has 0 atom stereocenters. The third-order valence-electron chi connectivity index (χ3n) is 5.66. The molecule has 0 aliphatic heterocycles. The number of rotatable bonds is 4. The molecule has 0 fully saturated rings. The number of aromatic amines is 1. The first-order valence-corrected chi connectivity index (χ1v) is 10.5. The van der Waals surface area contributed by atoms with E-state index < -0.39 is 0 Å². The van der Waals surface area contributed by atoms with Gasteiger partial charge in [0, 0.05) is 30.6 Å². The molecule has 0 aliphatic carbocycles. The van der Waals surface area contributed by atoms with Gasteiger partial charge in [0.15, 0.2) is 11.5 Å².